The molecule has 2 amide bonds. The van der Waals surface area contributed by atoms with Crippen molar-refractivity contribution >= 4 is 34.2 Å². The molecule has 0 unspecified atom stereocenters. The van der Waals surface area contributed by atoms with Crippen molar-refractivity contribution in [3.8, 4) is 0 Å². The van der Waals surface area contributed by atoms with Gasteiger partial charge in [-0.05, 0) is 24.6 Å². The monoisotopic (exact) mass is 334 g/mol. The lowest BCUT2D eigenvalue weighted by Gasteiger charge is -2.14. The molecular formula is C15H18N4O3S. The molecule has 0 aliphatic carbocycles. The van der Waals surface area contributed by atoms with Crippen LogP contribution in [0.4, 0.5) is 15.6 Å². The van der Waals surface area contributed by atoms with Crippen LogP contribution in [0.3, 0.4) is 0 Å². The number of hydrogen-bond donors (Lipinski definition) is 1. The van der Waals surface area contributed by atoms with E-state index in [4.69, 9.17) is 4.74 Å². The van der Waals surface area contributed by atoms with Gasteiger partial charge in [-0.1, -0.05) is 30.7 Å². The van der Waals surface area contributed by atoms with Crippen LogP contribution in [0.15, 0.2) is 29.8 Å². The van der Waals surface area contributed by atoms with Crippen LogP contribution < -0.4 is 10.2 Å². The smallest absolute Gasteiger partial charge is 0.338 e. The van der Waals surface area contributed by atoms with E-state index < -0.39 is 5.97 Å². The normalized spacial score (nSPS) is 10.2. The van der Waals surface area contributed by atoms with E-state index in [9.17, 15) is 9.59 Å². The van der Waals surface area contributed by atoms with Crippen molar-refractivity contribution in [3.63, 3.8) is 0 Å². The predicted molar refractivity (Wildman–Crippen MR) is 89.0 cm³/mol. The minimum atomic E-state index is -0.396. The molecule has 122 valence electrons. The first kappa shape index (κ1) is 16.9. The summed E-state index contributed by atoms with van der Waals surface area (Å²) in [5.74, 6) is -0.396. The van der Waals surface area contributed by atoms with Crippen molar-refractivity contribution in [2.24, 2.45) is 0 Å². The highest BCUT2D eigenvalue weighted by Gasteiger charge is 2.15. The maximum absolute atomic E-state index is 12.1. The quantitative estimate of drug-likeness (QED) is 0.648. The summed E-state index contributed by atoms with van der Waals surface area (Å²) in [5, 5.41) is 10.7. The fourth-order valence-corrected chi connectivity index (χ4v) is 2.25. The van der Waals surface area contributed by atoms with Crippen LogP contribution in [0.2, 0.25) is 0 Å². The molecule has 0 fully saturated rings. The van der Waals surface area contributed by atoms with Crippen molar-refractivity contribution in [2.75, 3.05) is 23.9 Å². The van der Waals surface area contributed by atoms with E-state index in [1.165, 1.54) is 16.2 Å². The van der Waals surface area contributed by atoms with Crippen LogP contribution in [0.5, 0.6) is 0 Å². The lowest BCUT2D eigenvalue weighted by Crippen LogP contribution is -2.31. The third-order valence-corrected chi connectivity index (χ3v) is 3.79. The molecule has 0 saturated heterocycles. The number of ether oxygens (including phenoxy) is 1. The number of hydrogen-bond acceptors (Lipinski definition) is 6. The second kappa shape index (κ2) is 8.23. The summed E-state index contributed by atoms with van der Waals surface area (Å²) in [6.07, 6.45) is 1.79. The van der Waals surface area contributed by atoms with Crippen LogP contribution in [0, 0.1) is 0 Å². The predicted octanol–water partition coefficient (Wildman–Crippen LogP) is 3.16. The topological polar surface area (TPSA) is 84.4 Å². The molecule has 0 aliphatic rings. The van der Waals surface area contributed by atoms with Crippen molar-refractivity contribution in [1.82, 2.24) is 10.2 Å². The van der Waals surface area contributed by atoms with Gasteiger partial charge in [-0.3, -0.25) is 4.90 Å². The molecule has 0 radical (unpaired) electrons. The molecule has 0 bridgehead atoms. The maximum atomic E-state index is 12.1. The molecule has 2 aromatic rings. The number of urea groups is 1. The third kappa shape index (κ3) is 4.75. The van der Waals surface area contributed by atoms with E-state index in [-0.39, 0.29) is 6.03 Å². The minimum Gasteiger partial charge on any atom is -0.462 e. The standard InChI is InChI=1S/C15H18N4O3S/c1-3-4-8-22-13(20)11-6-5-7-12(9-11)17-14(21)19(2)15-18-16-10-23-15/h5-7,9-10H,3-4,8H2,1-2H3,(H,17,21). The van der Waals surface area contributed by atoms with Crippen molar-refractivity contribution < 1.29 is 14.3 Å². The number of esters is 1. The van der Waals surface area contributed by atoms with Crippen LogP contribution in [0.25, 0.3) is 0 Å². The van der Waals surface area contributed by atoms with Crippen molar-refractivity contribution in [1.29, 1.82) is 0 Å². The molecule has 0 atom stereocenters. The molecular weight excluding hydrogens is 316 g/mol. The number of carbonyl (C=O) groups excluding carboxylic acids is 2. The van der Waals surface area contributed by atoms with E-state index in [0.29, 0.717) is 23.0 Å². The lowest BCUT2D eigenvalue weighted by atomic mass is 10.2. The first-order valence-electron chi connectivity index (χ1n) is 7.20. The summed E-state index contributed by atoms with van der Waals surface area (Å²) < 4.78 is 5.16. The molecule has 1 aromatic carbocycles. The van der Waals surface area contributed by atoms with Crippen LogP contribution >= 0.6 is 11.3 Å². The fraction of sp³-hybridized carbons (Fsp3) is 0.333. The number of rotatable bonds is 6. The minimum absolute atomic E-state index is 0.363. The number of aromatic nitrogens is 2. The molecule has 1 N–H and O–H groups in total. The maximum Gasteiger partial charge on any atom is 0.338 e. The molecule has 23 heavy (non-hydrogen) atoms. The van der Waals surface area contributed by atoms with Gasteiger partial charge in [-0.15, -0.1) is 10.2 Å². The third-order valence-electron chi connectivity index (χ3n) is 3.02. The van der Waals surface area contributed by atoms with E-state index in [2.05, 4.69) is 15.5 Å². The summed E-state index contributed by atoms with van der Waals surface area (Å²) in [7, 11) is 1.60. The van der Waals surface area contributed by atoms with Gasteiger partial charge < -0.3 is 10.1 Å². The van der Waals surface area contributed by atoms with Gasteiger partial charge in [-0.2, -0.15) is 0 Å². The van der Waals surface area contributed by atoms with Crippen molar-refractivity contribution in [2.45, 2.75) is 19.8 Å². The van der Waals surface area contributed by atoms with E-state index in [1.807, 2.05) is 6.92 Å². The van der Waals surface area contributed by atoms with Crippen LogP contribution in [-0.2, 0) is 4.74 Å². The summed E-state index contributed by atoms with van der Waals surface area (Å²) in [6.45, 7) is 2.42. The zero-order valence-electron chi connectivity index (χ0n) is 13.0. The van der Waals surface area contributed by atoms with Crippen LogP contribution in [0.1, 0.15) is 30.1 Å². The second-order valence-corrected chi connectivity index (χ2v) is 5.59. The summed E-state index contributed by atoms with van der Waals surface area (Å²) in [6, 6.07) is 6.27. The first-order valence-corrected chi connectivity index (χ1v) is 8.08. The van der Waals surface area contributed by atoms with Gasteiger partial charge in [0.05, 0.1) is 12.2 Å². The molecule has 8 heteroatoms. The Hall–Kier alpha value is -2.48. The highest BCUT2D eigenvalue weighted by atomic mass is 32.1. The summed E-state index contributed by atoms with van der Waals surface area (Å²) in [5.41, 5.74) is 2.46. The van der Waals surface area contributed by atoms with Gasteiger partial charge in [0.2, 0.25) is 5.13 Å². The number of unbranched alkanes of at least 4 members (excludes halogenated alkanes) is 1. The molecule has 2 rings (SSSR count). The molecule has 0 aliphatic heterocycles. The zero-order valence-corrected chi connectivity index (χ0v) is 13.8. The Labute approximate surface area is 138 Å². The Bertz CT molecular complexity index is 661. The number of carbonyl (C=O) groups is 2. The number of nitrogens with zero attached hydrogens (tertiary/aromatic N) is 3. The van der Waals surface area contributed by atoms with E-state index >= 15 is 0 Å². The Kier molecular flexibility index (Phi) is 6.04. The second-order valence-electron chi connectivity index (χ2n) is 4.78. The fourth-order valence-electron chi connectivity index (χ4n) is 1.72. The molecule has 0 spiro atoms. The number of amides is 2. The van der Waals surface area contributed by atoms with Gasteiger partial charge in [0.15, 0.2) is 0 Å². The summed E-state index contributed by atoms with van der Waals surface area (Å²) >= 11 is 1.26. The largest absolute Gasteiger partial charge is 0.462 e. The van der Waals surface area contributed by atoms with Gasteiger partial charge in [0.25, 0.3) is 0 Å². The Morgan fingerprint density at radius 2 is 2.22 bits per heavy atom. The van der Waals surface area contributed by atoms with E-state index in [1.54, 1.807) is 36.8 Å². The van der Waals surface area contributed by atoms with Crippen LogP contribution in [-0.4, -0.2) is 35.9 Å². The van der Waals surface area contributed by atoms with Gasteiger partial charge in [0, 0.05) is 12.7 Å². The lowest BCUT2D eigenvalue weighted by molar-refractivity contribution is 0.0500. The molecule has 0 saturated carbocycles. The molecule has 1 aromatic heterocycles. The zero-order chi connectivity index (χ0) is 16.7. The first-order chi connectivity index (χ1) is 11.1. The number of benzene rings is 1. The number of nitrogens with one attached hydrogen (secondary N) is 1. The van der Waals surface area contributed by atoms with Gasteiger partial charge in [0.1, 0.15) is 5.51 Å². The molecule has 1 heterocycles. The van der Waals surface area contributed by atoms with Gasteiger partial charge in [-0.25, -0.2) is 9.59 Å². The number of anilines is 2. The Balaban J connectivity index is 1.99. The van der Waals surface area contributed by atoms with Gasteiger partial charge >= 0.3 is 12.0 Å². The summed E-state index contributed by atoms with van der Waals surface area (Å²) in [4.78, 5) is 25.4. The Morgan fingerprint density at radius 1 is 1.39 bits per heavy atom. The average molecular weight is 334 g/mol. The average Bonchev–Trinajstić information content (AvgIpc) is 3.09. The van der Waals surface area contributed by atoms with Crippen molar-refractivity contribution in [3.05, 3.63) is 35.3 Å². The van der Waals surface area contributed by atoms with E-state index in [0.717, 1.165) is 12.8 Å². The highest BCUT2D eigenvalue weighted by molar-refractivity contribution is 7.13. The SMILES string of the molecule is CCCCOC(=O)c1cccc(NC(=O)N(C)c2nncs2)c1. The molecule has 7 nitrogen and oxygen atoms in total. The Morgan fingerprint density at radius 3 is 2.91 bits per heavy atom. The highest BCUT2D eigenvalue weighted by Crippen LogP contribution is 2.17.